The van der Waals surface area contributed by atoms with E-state index < -0.39 is 17.7 Å². The topological polar surface area (TPSA) is 55.8 Å². The Bertz CT molecular complexity index is 879. The lowest BCUT2D eigenvalue weighted by molar-refractivity contribution is -0.141. The summed E-state index contributed by atoms with van der Waals surface area (Å²) in [5.74, 6) is -1.16. The van der Waals surface area contributed by atoms with E-state index in [-0.39, 0.29) is 24.4 Å². The van der Waals surface area contributed by atoms with Gasteiger partial charge in [-0.15, -0.1) is 0 Å². The summed E-state index contributed by atoms with van der Waals surface area (Å²) in [5.41, 5.74) is 2.09. The molecule has 0 saturated carbocycles. The number of fused-ring (bicyclic) bond motifs is 1. The monoisotopic (exact) mass is 392 g/mol. The van der Waals surface area contributed by atoms with Crippen LogP contribution in [0.25, 0.3) is 0 Å². The van der Waals surface area contributed by atoms with Crippen LogP contribution in [0.3, 0.4) is 0 Å². The van der Waals surface area contributed by atoms with Gasteiger partial charge in [0.2, 0.25) is 0 Å². The molecule has 1 aliphatic rings. The number of hydrogen-bond acceptors (Lipinski definition) is 3. The molecule has 1 aliphatic heterocycles. The molecule has 0 aliphatic carbocycles. The molecule has 6 heteroatoms. The maximum absolute atomic E-state index is 14.4. The second-order valence-corrected chi connectivity index (χ2v) is 8.02. The lowest BCUT2D eigenvalue weighted by Gasteiger charge is -2.18. The fourth-order valence-corrected chi connectivity index (χ4v) is 3.50. The number of benzene rings is 2. The number of carbonyl (C=O) groups is 1. The third-order valence-corrected chi connectivity index (χ3v) is 4.76. The summed E-state index contributed by atoms with van der Waals surface area (Å²) in [6.45, 7) is 5.72. The number of aliphatic carboxylic acids is 1. The van der Waals surface area contributed by atoms with E-state index in [1.807, 2.05) is 19.9 Å². The van der Waals surface area contributed by atoms with Crippen molar-refractivity contribution >= 4 is 17.6 Å². The molecule has 0 aromatic heterocycles. The van der Waals surface area contributed by atoms with Crippen molar-refractivity contribution in [3.63, 3.8) is 0 Å². The SMILES string of the molecule is C[C@@H](Cc1ccc(OCc2cc(Cl)cc3c2OC(C)(C)C3)c(F)c1)C(=O)O. The minimum atomic E-state index is -0.909. The third-order valence-electron chi connectivity index (χ3n) is 4.54. The average Bonchev–Trinajstić information content (AvgIpc) is 2.87. The standard InChI is InChI=1S/C21H22ClFO4/c1-12(20(24)25)6-13-4-5-18(17(23)7-13)26-11-15-9-16(22)8-14-10-21(2,3)27-19(14)15/h4-5,7-9,12H,6,10-11H2,1-3H3,(H,24,25)/t12-/m0/s1. The number of hydrogen-bond donors (Lipinski definition) is 1. The van der Waals surface area contributed by atoms with E-state index in [4.69, 9.17) is 26.2 Å². The first-order chi connectivity index (χ1) is 12.6. The summed E-state index contributed by atoms with van der Waals surface area (Å²) in [6, 6.07) is 8.17. The zero-order valence-electron chi connectivity index (χ0n) is 15.5. The maximum Gasteiger partial charge on any atom is 0.306 e. The highest BCUT2D eigenvalue weighted by Gasteiger charge is 2.32. The predicted molar refractivity (Wildman–Crippen MR) is 101 cm³/mol. The first kappa shape index (κ1) is 19.5. The molecule has 3 rings (SSSR count). The molecule has 4 nitrogen and oxygen atoms in total. The van der Waals surface area contributed by atoms with Gasteiger partial charge >= 0.3 is 5.97 Å². The summed E-state index contributed by atoms with van der Waals surface area (Å²) in [4.78, 5) is 10.9. The lowest BCUT2D eigenvalue weighted by Crippen LogP contribution is -2.25. The summed E-state index contributed by atoms with van der Waals surface area (Å²) >= 11 is 6.20. The van der Waals surface area contributed by atoms with Gasteiger partial charge in [-0.25, -0.2) is 4.39 Å². The van der Waals surface area contributed by atoms with Crippen LogP contribution in [0.5, 0.6) is 11.5 Å². The Morgan fingerprint density at radius 2 is 2.11 bits per heavy atom. The maximum atomic E-state index is 14.4. The highest BCUT2D eigenvalue weighted by Crippen LogP contribution is 2.40. The van der Waals surface area contributed by atoms with Gasteiger partial charge in [0.15, 0.2) is 11.6 Å². The molecular formula is C21H22ClFO4. The van der Waals surface area contributed by atoms with E-state index in [1.165, 1.54) is 12.1 Å². The van der Waals surface area contributed by atoms with Crippen molar-refractivity contribution in [1.82, 2.24) is 0 Å². The first-order valence-corrected chi connectivity index (χ1v) is 9.17. The molecule has 0 radical (unpaired) electrons. The molecule has 144 valence electrons. The highest BCUT2D eigenvalue weighted by atomic mass is 35.5. The van der Waals surface area contributed by atoms with Gasteiger partial charge in [-0.1, -0.05) is 24.6 Å². The fraction of sp³-hybridized carbons (Fsp3) is 0.381. The van der Waals surface area contributed by atoms with Crippen molar-refractivity contribution in [2.24, 2.45) is 5.92 Å². The number of ether oxygens (including phenoxy) is 2. The summed E-state index contributed by atoms with van der Waals surface area (Å²) in [5, 5.41) is 9.56. The van der Waals surface area contributed by atoms with Crippen LogP contribution in [-0.4, -0.2) is 16.7 Å². The van der Waals surface area contributed by atoms with Gasteiger partial charge in [0.25, 0.3) is 0 Å². The minimum absolute atomic E-state index is 0.104. The van der Waals surface area contributed by atoms with Gasteiger partial charge in [-0.05, 0) is 55.7 Å². The minimum Gasteiger partial charge on any atom is -0.487 e. The zero-order chi connectivity index (χ0) is 19.8. The van der Waals surface area contributed by atoms with Crippen LogP contribution in [0.1, 0.15) is 37.5 Å². The molecule has 0 saturated heterocycles. The zero-order valence-corrected chi connectivity index (χ0v) is 16.3. The van der Waals surface area contributed by atoms with Crippen LogP contribution in [0.2, 0.25) is 5.02 Å². The average molecular weight is 393 g/mol. The van der Waals surface area contributed by atoms with Crippen LogP contribution in [-0.2, 0) is 24.2 Å². The highest BCUT2D eigenvalue weighted by molar-refractivity contribution is 6.30. The van der Waals surface area contributed by atoms with Crippen molar-refractivity contribution in [2.45, 2.75) is 45.8 Å². The molecule has 27 heavy (non-hydrogen) atoms. The normalized spacial score (nSPS) is 15.7. The van der Waals surface area contributed by atoms with E-state index in [0.717, 1.165) is 23.3 Å². The van der Waals surface area contributed by atoms with Crippen molar-refractivity contribution in [2.75, 3.05) is 0 Å². The summed E-state index contributed by atoms with van der Waals surface area (Å²) < 4.78 is 26.0. The molecule has 2 aromatic carbocycles. The van der Waals surface area contributed by atoms with Crippen molar-refractivity contribution in [1.29, 1.82) is 0 Å². The largest absolute Gasteiger partial charge is 0.487 e. The lowest BCUT2D eigenvalue weighted by atomic mass is 10.0. The Morgan fingerprint density at radius 1 is 1.37 bits per heavy atom. The molecule has 0 amide bonds. The number of rotatable bonds is 6. The quantitative estimate of drug-likeness (QED) is 0.748. The Hall–Kier alpha value is -2.27. The van der Waals surface area contributed by atoms with E-state index >= 15 is 0 Å². The van der Waals surface area contributed by atoms with Crippen LogP contribution >= 0.6 is 11.6 Å². The number of halogens is 2. The molecule has 2 aromatic rings. The fourth-order valence-electron chi connectivity index (χ4n) is 3.24. The Kier molecular flexibility index (Phi) is 5.33. The van der Waals surface area contributed by atoms with Crippen molar-refractivity contribution in [3.05, 3.63) is 57.9 Å². The summed E-state index contributed by atoms with van der Waals surface area (Å²) in [6.07, 6.45) is 1.01. The molecule has 1 atom stereocenters. The van der Waals surface area contributed by atoms with Gasteiger partial charge in [0.05, 0.1) is 5.92 Å². The molecular weight excluding hydrogens is 371 g/mol. The Morgan fingerprint density at radius 3 is 2.78 bits per heavy atom. The molecule has 1 heterocycles. The van der Waals surface area contributed by atoms with Crippen LogP contribution < -0.4 is 9.47 Å². The van der Waals surface area contributed by atoms with Gasteiger partial charge in [-0.2, -0.15) is 0 Å². The first-order valence-electron chi connectivity index (χ1n) is 8.79. The summed E-state index contributed by atoms with van der Waals surface area (Å²) in [7, 11) is 0. The molecule has 1 N–H and O–H groups in total. The molecule has 0 fully saturated rings. The molecule has 0 spiro atoms. The molecule has 0 unspecified atom stereocenters. The Balaban J connectivity index is 1.74. The van der Waals surface area contributed by atoms with Crippen LogP contribution in [0, 0.1) is 11.7 Å². The van der Waals surface area contributed by atoms with E-state index in [9.17, 15) is 9.18 Å². The van der Waals surface area contributed by atoms with E-state index in [0.29, 0.717) is 10.6 Å². The van der Waals surface area contributed by atoms with Crippen LogP contribution in [0.15, 0.2) is 30.3 Å². The smallest absolute Gasteiger partial charge is 0.306 e. The Labute approximate surface area is 162 Å². The predicted octanol–water partition coefficient (Wildman–Crippen LogP) is 5.03. The second-order valence-electron chi connectivity index (χ2n) is 7.59. The van der Waals surface area contributed by atoms with E-state index in [2.05, 4.69) is 0 Å². The van der Waals surface area contributed by atoms with E-state index in [1.54, 1.807) is 19.1 Å². The van der Waals surface area contributed by atoms with Gasteiger partial charge in [0, 0.05) is 17.0 Å². The van der Waals surface area contributed by atoms with Gasteiger partial charge in [0.1, 0.15) is 18.0 Å². The van der Waals surface area contributed by atoms with Crippen molar-refractivity contribution < 1.29 is 23.8 Å². The third kappa shape index (κ3) is 4.53. The van der Waals surface area contributed by atoms with Gasteiger partial charge in [-0.3, -0.25) is 4.79 Å². The van der Waals surface area contributed by atoms with Crippen molar-refractivity contribution in [3.8, 4) is 11.5 Å². The van der Waals surface area contributed by atoms with Gasteiger partial charge < -0.3 is 14.6 Å². The second kappa shape index (κ2) is 7.39. The number of carboxylic acid groups (broad SMARTS) is 1. The number of carboxylic acids is 1. The molecule has 0 bridgehead atoms. The van der Waals surface area contributed by atoms with Crippen LogP contribution in [0.4, 0.5) is 4.39 Å².